The van der Waals surface area contributed by atoms with Crippen LogP contribution in [0, 0.1) is 12.8 Å². The molecule has 1 aliphatic heterocycles. The first-order chi connectivity index (χ1) is 9.13. The first-order valence-electron chi connectivity index (χ1n) is 7.52. The van der Waals surface area contributed by atoms with Gasteiger partial charge in [-0.15, -0.1) is 0 Å². The van der Waals surface area contributed by atoms with E-state index < -0.39 is 0 Å². The number of aryl methyl sites for hydroxylation is 1. The summed E-state index contributed by atoms with van der Waals surface area (Å²) in [6.45, 7) is 11.1. The second kappa shape index (κ2) is 7.01. The zero-order valence-corrected chi connectivity index (χ0v) is 12.5. The van der Waals surface area contributed by atoms with Crippen LogP contribution >= 0.6 is 0 Å². The van der Waals surface area contributed by atoms with E-state index in [-0.39, 0.29) is 0 Å². The van der Waals surface area contributed by atoms with Gasteiger partial charge in [0.15, 0.2) is 0 Å². The largest absolute Gasteiger partial charge is 0.313 e. The molecule has 1 fully saturated rings. The SMILES string of the molecule is Cc1cccc(CN2CCCNC(CC(C)C)C2)n1. The van der Waals surface area contributed by atoms with Gasteiger partial charge >= 0.3 is 0 Å². The first kappa shape index (κ1) is 14.5. The molecule has 0 spiro atoms. The fraction of sp³-hybridized carbons (Fsp3) is 0.688. The summed E-state index contributed by atoms with van der Waals surface area (Å²) in [4.78, 5) is 7.17. The van der Waals surface area contributed by atoms with Gasteiger partial charge in [-0.05, 0) is 50.9 Å². The second-order valence-corrected chi connectivity index (χ2v) is 6.14. The summed E-state index contributed by atoms with van der Waals surface area (Å²) in [5.41, 5.74) is 2.31. The van der Waals surface area contributed by atoms with Crippen LogP contribution in [0.3, 0.4) is 0 Å². The van der Waals surface area contributed by atoms with Crippen LogP contribution in [-0.4, -0.2) is 35.6 Å². The molecule has 2 heterocycles. The predicted molar refractivity (Wildman–Crippen MR) is 80.1 cm³/mol. The molecular formula is C16H27N3. The molecule has 3 nitrogen and oxygen atoms in total. The van der Waals surface area contributed by atoms with Gasteiger partial charge in [-0.3, -0.25) is 9.88 Å². The van der Waals surface area contributed by atoms with E-state index in [0.29, 0.717) is 6.04 Å². The molecule has 0 amide bonds. The number of hydrogen-bond donors (Lipinski definition) is 1. The van der Waals surface area contributed by atoms with Crippen molar-refractivity contribution in [2.75, 3.05) is 19.6 Å². The number of nitrogens with one attached hydrogen (secondary N) is 1. The monoisotopic (exact) mass is 261 g/mol. The molecule has 1 unspecified atom stereocenters. The molecule has 1 aliphatic rings. The molecule has 1 N–H and O–H groups in total. The summed E-state index contributed by atoms with van der Waals surface area (Å²) in [5, 5.41) is 3.68. The average Bonchev–Trinajstić information content (AvgIpc) is 2.53. The minimum absolute atomic E-state index is 0.632. The Hall–Kier alpha value is -0.930. The minimum atomic E-state index is 0.632. The van der Waals surface area contributed by atoms with E-state index in [1.807, 2.05) is 0 Å². The molecule has 0 radical (unpaired) electrons. The van der Waals surface area contributed by atoms with Crippen LogP contribution in [0.2, 0.25) is 0 Å². The molecule has 1 saturated heterocycles. The summed E-state index contributed by atoms with van der Waals surface area (Å²) in [7, 11) is 0. The molecule has 1 aromatic heterocycles. The Morgan fingerprint density at radius 2 is 2.26 bits per heavy atom. The summed E-state index contributed by atoms with van der Waals surface area (Å²) in [6, 6.07) is 6.95. The number of hydrogen-bond acceptors (Lipinski definition) is 3. The zero-order chi connectivity index (χ0) is 13.7. The van der Waals surface area contributed by atoms with Gasteiger partial charge in [0.05, 0.1) is 5.69 Å². The number of rotatable bonds is 4. The maximum Gasteiger partial charge on any atom is 0.0547 e. The molecule has 19 heavy (non-hydrogen) atoms. The number of aromatic nitrogens is 1. The Bertz CT molecular complexity index is 389. The van der Waals surface area contributed by atoms with Crippen LogP contribution in [0.4, 0.5) is 0 Å². The van der Waals surface area contributed by atoms with Crippen molar-refractivity contribution in [3.05, 3.63) is 29.6 Å². The molecule has 0 aromatic carbocycles. The quantitative estimate of drug-likeness (QED) is 0.903. The van der Waals surface area contributed by atoms with Crippen LogP contribution < -0.4 is 5.32 Å². The lowest BCUT2D eigenvalue weighted by atomic mass is 10.0. The van der Waals surface area contributed by atoms with Crippen LogP contribution in [0.1, 0.15) is 38.1 Å². The molecule has 0 bridgehead atoms. The first-order valence-corrected chi connectivity index (χ1v) is 7.52. The highest BCUT2D eigenvalue weighted by Crippen LogP contribution is 2.12. The van der Waals surface area contributed by atoms with Crippen molar-refractivity contribution in [1.29, 1.82) is 0 Å². The molecule has 0 aliphatic carbocycles. The van der Waals surface area contributed by atoms with Gasteiger partial charge in [0, 0.05) is 24.8 Å². The summed E-state index contributed by atoms with van der Waals surface area (Å²) >= 11 is 0. The number of nitrogens with zero attached hydrogens (tertiary/aromatic N) is 2. The van der Waals surface area contributed by atoms with Crippen LogP contribution in [0.25, 0.3) is 0 Å². The number of pyridine rings is 1. The minimum Gasteiger partial charge on any atom is -0.313 e. The summed E-state index contributed by atoms with van der Waals surface area (Å²) in [6.07, 6.45) is 2.50. The Balaban J connectivity index is 1.94. The van der Waals surface area contributed by atoms with E-state index in [0.717, 1.165) is 31.2 Å². The Labute approximate surface area is 117 Å². The molecule has 106 valence electrons. The standard InChI is InChI=1S/C16H27N3/c1-13(2)10-16-12-19(9-5-8-17-16)11-15-7-4-6-14(3)18-15/h4,6-7,13,16-17H,5,8-12H2,1-3H3. The molecule has 0 saturated carbocycles. The van der Waals surface area contributed by atoms with Crippen molar-refractivity contribution in [1.82, 2.24) is 15.2 Å². The van der Waals surface area contributed by atoms with Crippen LogP contribution in [-0.2, 0) is 6.54 Å². The lowest BCUT2D eigenvalue weighted by molar-refractivity contribution is 0.245. The van der Waals surface area contributed by atoms with E-state index in [1.54, 1.807) is 0 Å². The highest BCUT2D eigenvalue weighted by molar-refractivity contribution is 5.09. The van der Waals surface area contributed by atoms with Gasteiger partial charge in [-0.1, -0.05) is 19.9 Å². The van der Waals surface area contributed by atoms with Crippen molar-refractivity contribution in [2.45, 2.75) is 46.2 Å². The highest BCUT2D eigenvalue weighted by atomic mass is 15.2. The normalized spacial score (nSPS) is 21.6. The van der Waals surface area contributed by atoms with Crippen molar-refractivity contribution in [2.24, 2.45) is 5.92 Å². The predicted octanol–water partition coefficient (Wildman–Crippen LogP) is 2.60. The van der Waals surface area contributed by atoms with Crippen LogP contribution in [0.5, 0.6) is 0 Å². The van der Waals surface area contributed by atoms with Crippen molar-refractivity contribution in [3.63, 3.8) is 0 Å². The topological polar surface area (TPSA) is 28.2 Å². The molecule has 1 aromatic rings. The third-order valence-electron chi connectivity index (χ3n) is 3.65. The van der Waals surface area contributed by atoms with Crippen molar-refractivity contribution >= 4 is 0 Å². The van der Waals surface area contributed by atoms with E-state index in [1.165, 1.54) is 25.1 Å². The van der Waals surface area contributed by atoms with Crippen molar-refractivity contribution < 1.29 is 0 Å². The van der Waals surface area contributed by atoms with E-state index in [2.05, 4.69) is 54.2 Å². The van der Waals surface area contributed by atoms with Gasteiger partial charge < -0.3 is 5.32 Å². The van der Waals surface area contributed by atoms with E-state index >= 15 is 0 Å². The van der Waals surface area contributed by atoms with Gasteiger partial charge in [-0.25, -0.2) is 0 Å². The lowest BCUT2D eigenvalue weighted by Gasteiger charge is -2.25. The highest BCUT2D eigenvalue weighted by Gasteiger charge is 2.18. The van der Waals surface area contributed by atoms with Gasteiger partial charge in [0.2, 0.25) is 0 Å². The summed E-state index contributed by atoms with van der Waals surface area (Å²) in [5.74, 6) is 0.759. The summed E-state index contributed by atoms with van der Waals surface area (Å²) < 4.78 is 0. The average molecular weight is 261 g/mol. The molecular weight excluding hydrogens is 234 g/mol. The molecule has 3 heteroatoms. The molecule has 1 atom stereocenters. The fourth-order valence-corrected chi connectivity index (χ4v) is 2.86. The Morgan fingerprint density at radius 1 is 1.42 bits per heavy atom. The third-order valence-corrected chi connectivity index (χ3v) is 3.65. The fourth-order valence-electron chi connectivity index (χ4n) is 2.86. The van der Waals surface area contributed by atoms with E-state index in [4.69, 9.17) is 0 Å². The third kappa shape index (κ3) is 4.92. The maximum absolute atomic E-state index is 4.62. The maximum atomic E-state index is 4.62. The van der Waals surface area contributed by atoms with Gasteiger partial charge in [0.1, 0.15) is 0 Å². The zero-order valence-electron chi connectivity index (χ0n) is 12.5. The van der Waals surface area contributed by atoms with Crippen molar-refractivity contribution in [3.8, 4) is 0 Å². The van der Waals surface area contributed by atoms with Gasteiger partial charge in [-0.2, -0.15) is 0 Å². The van der Waals surface area contributed by atoms with Crippen LogP contribution in [0.15, 0.2) is 18.2 Å². The van der Waals surface area contributed by atoms with Gasteiger partial charge in [0.25, 0.3) is 0 Å². The van der Waals surface area contributed by atoms with E-state index in [9.17, 15) is 0 Å². The smallest absolute Gasteiger partial charge is 0.0547 e. The Morgan fingerprint density at radius 3 is 3.00 bits per heavy atom. The lowest BCUT2D eigenvalue weighted by Crippen LogP contribution is -2.38. The Kier molecular flexibility index (Phi) is 5.34. The molecule has 2 rings (SSSR count). The second-order valence-electron chi connectivity index (χ2n) is 6.14.